The Bertz CT molecular complexity index is 773. The highest BCUT2D eigenvalue weighted by molar-refractivity contribution is 6.30. The summed E-state index contributed by atoms with van der Waals surface area (Å²) in [6, 6.07) is 12.4. The van der Waals surface area contributed by atoms with E-state index in [-0.39, 0.29) is 23.4 Å². The molecular weight excluding hydrogens is 365 g/mol. The van der Waals surface area contributed by atoms with Crippen LogP contribution in [0.5, 0.6) is 0 Å². The molecule has 1 fully saturated rings. The molecule has 0 radical (unpaired) electrons. The largest absolute Gasteiger partial charge is 0.349 e. The Morgan fingerprint density at radius 1 is 1.19 bits per heavy atom. The maximum atomic E-state index is 13.3. The Kier molecular flexibility index (Phi) is 6.21. The molecule has 0 aliphatic carbocycles. The van der Waals surface area contributed by atoms with Gasteiger partial charge in [0.25, 0.3) is 0 Å². The molecule has 0 spiro atoms. The van der Waals surface area contributed by atoms with E-state index >= 15 is 0 Å². The SMILES string of the molecule is C[C@@H](O[C@H]1OCCN[C@H]1c1ccc(F)cc1)c1cc(Cl)cc(C(C)(C)C)c1. The summed E-state index contributed by atoms with van der Waals surface area (Å²) in [7, 11) is 0. The van der Waals surface area contributed by atoms with E-state index in [9.17, 15) is 4.39 Å². The Morgan fingerprint density at radius 3 is 2.56 bits per heavy atom. The fraction of sp³-hybridized carbons (Fsp3) is 0.455. The van der Waals surface area contributed by atoms with E-state index in [4.69, 9.17) is 21.1 Å². The van der Waals surface area contributed by atoms with Gasteiger partial charge in [-0.25, -0.2) is 4.39 Å². The summed E-state index contributed by atoms with van der Waals surface area (Å²) < 4.78 is 25.4. The normalized spacial score (nSPS) is 21.9. The number of hydrogen-bond donors (Lipinski definition) is 1. The Morgan fingerprint density at radius 2 is 1.89 bits per heavy atom. The van der Waals surface area contributed by atoms with Crippen LogP contribution in [0.1, 0.15) is 56.5 Å². The molecule has 1 aliphatic rings. The first kappa shape index (κ1) is 20.3. The van der Waals surface area contributed by atoms with E-state index in [0.29, 0.717) is 11.6 Å². The van der Waals surface area contributed by atoms with Crippen LogP contribution in [-0.2, 0) is 14.9 Å². The van der Waals surface area contributed by atoms with Crippen LogP contribution in [0.4, 0.5) is 4.39 Å². The topological polar surface area (TPSA) is 30.5 Å². The molecule has 5 heteroatoms. The second kappa shape index (κ2) is 8.27. The standard InChI is InChI=1S/C22H27ClFNO2/c1-14(16-11-17(22(2,3)4)13-18(23)12-16)27-21-20(25-9-10-26-21)15-5-7-19(24)8-6-15/h5-8,11-14,20-21,25H,9-10H2,1-4H3/t14-,20+,21-/m1/s1. The summed E-state index contributed by atoms with van der Waals surface area (Å²) in [6.07, 6.45) is -0.658. The Hall–Kier alpha value is -1.46. The highest BCUT2D eigenvalue weighted by atomic mass is 35.5. The van der Waals surface area contributed by atoms with Crippen molar-refractivity contribution in [2.24, 2.45) is 0 Å². The Labute approximate surface area is 165 Å². The first-order valence-corrected chi connectivity index (χ1v) is 9.69. The van der Waals surface area contributed by atoms with E-state index in [1.165, 1.54) is 17.7 Å². The lowest BCUT2D eigenvalue weighted by Crippen LogP contribution is -2.43. The van der Waals surface area contributed by atoms with Gasteiger partial charge in [0.2, 0.25) is 0 Å². The van der Waals surface area contributed by atoms with Crippen LogP contribution in [0.25, 0.3) is 0 Å². The first-order chi connectivity index (χ1) is 12.7. The molecule has 1 saturated heterocycles. The molecule has 0 bridgehead atoms. The predicted octanol–water partition coefficient (Wildman–Crippen LogP) is 5.54. The number of morpholine rings is 1. The highest BCUT2D eigenvalue weighted by Crippen LogP contribution is 2.32. The van der Waals surface area contributed by atoms with E-state index in [1.54, 1.807) is 12.1 Å². The van der Waals surface area contributed by atoms with Gasteiger partial charge < -0.3 is 14.8 Å². The quantitative estimate of drug-likeness (QED) is 0.742. The zero-order valence-corrected chi connectivity index (χ0v) is 17.0. The van der Waals surface area contributed by atoms with Crippen molar-refractivity contribution in [1.29, 1.82) is 0 Å². The van der Waals surface area contributed by atoms with Gasteiger partial charge in [0.15, 0.2) is 6.29 Å². The molecule has 1 aliphatic heterocycles. The highest BCUT2D eigenvalue weighted by Gasteiger charge is 2.30. The fourth-order valence-electron chi connectivity index (χ4n) is 3.20. The van der Waals surface area contributed by atoms with Crippen molar-refractivity contribution < 1.29 is 13.9 Å². The van der Waals surface area contributed by atoms with Crippen LogP contribution in [0.15, 0.2) is 42.5 Å². The van der Waals surface area contributed by atoms with Crippen LogP contribution in [-0.4, -0.2) is 19.4 Å². The van der Waals surface area contributed by atoms with Crippen molar-refractivity contribution in [2.45, 2.75) is 51.5 Å². The van der Waals surface area contributed by atoms with Crippen LogP contribution in [0, 0.1) is 5.82 Å². The molecular formula is C22H27ClFNO2. The van der Waals surface area contributed by atoms with Gasteiger partial charge in [-0.05, 0) is 53.3 Å². The smallest absolute Gasteiger partial charge is 0.177 e. The van der Waals surface area contributed by atoms with Crippen LogP contribution in [0.3, 0.4) is 0 Å². The molecule has 3 atom stereocenters. The predicted molar refractivity (Wildman–Crippen MR) is 107 cm³/mol. The first-order valence-electron chi connectivity index (χ1n) is 9.31. The van der Waals surface area contributed by atoms with Crippen LogP contribution >= 0.6 is 11.6 Å². The monoisotopic (exact) mass is 391 g/mol. The van der Waals surface area contributed by atoms with Gasteiger partial charge in [0.1, 0.15) is 5.82 Å². The van der Waals surface area contributed by atoms with Crippen molar-refractivity contribution in [3.8, 4) is 0 Å². The van der Waals surface area contributed by atoms with E-state index in [2.05, 4.69) is 32.2 Å². The van der Waals surface area contributed by atoms with Crippen molar-refractivity contribution in [3.63, 3.8) is 0 Å². The molecule has 0 amide bonds. The molecule has 3 nitrogen and oxygen atoms in total. The summed E-state index contributed by atoms with van der Waals surface area (Å²) >= 11 is 6.35. The Balaban J connectivity index is 1.80. The molecule has 0 aromatic heterocycles. The van der Waals surface area contributed by atoms with Crippen molar-refractivity contribution in [1.82, 2.24) is 5.32 Å². The maximum absolute atomic E-state index is 13.3. The van der Waals surface area contributed by atoms with Gasteiger partial charge in [0, 0.05) is 11.6 Å². The minimum Gasteiger partial charge on any atom is -0.349 e. The zero-order valence-electron chi connectivity index (χ0n) is 16.3. The van der Waals surface area contributed by atoms with Crippen LogP contribution < -0.4 is 5.32 Å². The summed E-state index contributed by atoms with van der Waals surface area (Å²) in [4.78, 5) is 0. The molecule has 2 aromatic carbocycles. The molecule has 27 heavy (non-hydrogen) atoms. The maximum Gasteiger partial charge on any atom is 0.177 e. The summed E-state index contributed by atoms with van der Waals surface area (Å²) in [5.41, 5.74) is 3.12. The van der Waals surface area contributed by atoms with Gasteiger partial charge in [-0.3, -0.25) is 0 Å². The second-order valence-electron chi connectivity index (χ2n) is 8.02. The van der Waals surface area contributed by atoms with Crippen LogP contribution in [0.2, 0.25) is 5.02 Å². The van der Waals surface area contributed by atoms with Crippen molar-refractivity contribution >= 4 is 11.6 Å². The number of benzene rings is 2. The lowest BCUT2D eigenvalue weighted by atomic mass is 9.86. The van der Waals surface area contributed by atoms with Crippen molar-refractivity contribution in [3.05, 3.63) is 70.0 Å². The van der Waals surface area contributed by atoms with Gasteiger partial charge in [-0.2, -0.15) is 0 Å². The third-order valence-electron chi connectivity index (χ3n) is 4.84. The zero-order chi connectivity index (χ0) is 19.6. The lowest BCUT2D eigenvalue weighted by molar-refractivity contribution is -0.200. The molecule has 1 heterocycles. The van der Waals surface area contributed by atoms with Gasteiger partial charge in [-0.1, -0.05) is 50.6 Å². The molecule has 0 saturated carbocycles. The summed E-state index contributed by atoms with van der Waals surface area (Å²) in [5.74, 6) is -0.255. The minimum absolute atomic E-state index is 0.00108. The third-order valence-corrected chi connectivity index (χ3v) is 5.06. The molecule has 146 valence electrons. The average Bonchev–Trinajstić information content (AvgIpc) is 2.62. The third kappa shape index (κ3) is 5.08. The summed E-state index contributed by atoms with van der Waals surface area (Å²) in [6.45, 7) is 9.77. The van der Waals surface area contributed by atoms with E-state index < -0.39 is 6.29 Å². The molecule has 1 N–H and O–H groups in total. The fourth-order valence-corrected chi connectivity index (χ4v) is 3.45. The number of ether oxygens (including phenoxy) is 2. The lowest BCUT2D eigenvalue weighted by Gasteiger charge is -2.35. The number of nitrogens with one attached hydrogen (secondary N) is 1. The van der Waals surface area contributed by atoms with Gasteiger partial charge in [-0.15, -0.1) is 0 Å². The second-order valence-corrected chi connectivity index (χ2v) is 8.46. The summed E-state index contributed by atoms with van der Waals surface area (Å²) in [5, 5.41) is 4.11. The van der Waals surface area contributed by atoms with Crippen molar-refractivity contribution in [2.75, 3.05) is 13.2 Å². The number of rotatable bonds is 4. The average molecular weight is 392 g/mol. The van der Waals surface area contributed by atoms with Gasteiger partial charge >= 0.3 is 0 Å². The van der Waals surface area contributed by atoms with Gasteiger partial charge in [0.05, 0.1) is 18.8 Å². The molecule has 2 aromatic rings. The number of halogens is 2. The molecule has 0 unspecified atom stereocenters. The van der Waals surface area contributed by atoms with E-state index in [1.807, 2.05) is 19.1 Å². The minimum atomic E-state index is -0.462. The van der Waals surface area contributed by atoms with E-state index in [0.717, 1.165) is 17.7 Å². The number of hydrogen-bond acceptors (Lipinski definition) is 3. The molecule has 3 rings (SSSR count).